The minimum atomic E-state index is -1.72. The van der Waals surface area contributed by atoms with E-state index >= 15 is 0 Å². The van der Waals surface area contributed by atoms with Gasteiger partial charge in [-0.2, -0.15) is 0 Å². The lowest BCUT2D eigenvalue weighted by molar-refractivity contribution is -0.384. The van der Waals surface area contributed by atoms with Gasteiger partial charge in [-0.15, -0.1) is 0 Å². The zero-order valence-electron chi connectivity index (χ0n) is 34.4. The van der Waals surface area contributed by atoms with Gasteiger partial charge < -0.3 is 52.5 Å². The molecule has 0 saturated heterocycles. The Morgan fingerprint density at radius 1 is 0.774 bits per heavy atom. The van der Waals surface area contributed by atoms with Crippen LogP contribution in [-0.4, -0.2) is 93.0 Å². The molecule has 4 aromatic rings. The zero-order chi connectivity index (χ0) is 45.4. The number of aliphatic carboxylic acids is 1. The fraction of sp³-hybridized carbons (Fsp3) is 0.357. The van der Waals surface area contributed by atoms with Gasteiger partial charge in [0.2, 0.25) is 23.6 Å². The van der Waals surface area contributed by atoms with Crippen LogP contribution in [0.25, 0.3) is 10.9 Å². The molecule has 62 heavy (non-hydrogen) atoms. The second-order valence-corrected chi connectivity index (χ2v) is 15.3. The summed E-state index contributed by atoms with van der Waals surface area (Å²) in [4.78, 5) is 105. The van der Waals surface area contributed by atoms with E-state index in [0.29, 0.717) is 16.8 Å². The molecule has 1 aromatic heterocycles. The molecule has 0 spiro atoms. The molecule has 3 aromatic carbocycles. The molecule has 1 heterocycles. The Balaban J connectivity index is 1.53. The minimum Gasteiger partial charge on any atom is -0.481 e. The fourth-order valence-corrected chi connectivity index (χ4v) is 6.24. The van der Waals surface area contributed by atoms with Crippen LogP contribution < -0.4 is 37.6 Å². The number of amides is 7. The molecule has 0 fully saturated rings. The summed E-state index contributed by atoms with van der Waals surface area (Å²) in [5, 5.41) is 36.7. The van der Waals surface area contributed by atoms with Crippen molar-refractivity contribution in [2.45, 2.75) is 89.1 Å². The number of carbonyl (C=O) groups excluding carboxylic acids is 6. The van der Waals surface area contributed by atoms with Crippen LogP contribution in [0.1, 0.15) is 57.6 Å². The Hall–Kier alpha value is -7.51. The number of urea groups is 1. The van der Waals surface area contributed by atoms with Crippen LogP contribution >= 0.6 is 0 Å². The highest BCUT2D eigenvalue weighted by Gasteiger charge is 2.33. The van der Waals surface area contributed by atoms with E-state index in [4.69, 9.17) is 10.5 Å². The number of carboxylic acids is 1. The lowest BCUT2D eigenvalue weighted by atomic mass is 10.0. The van der Waals surface area contributed by atoms with Gasteiger partial charge in [0.1, 0.15) is 29.8 Å². The number of nitrogens with two attached hydrogens (primary N) is 1. The van der Waals surface area contributed by atoms with E-state index in [-0.39, 0.29) is 44.3 Å². The van der Waals surface area contributed by atoms with E-state index in [9.17, 15) is 48.8 Å². The number of alkyl carbamates (subject to hydrolysis) is 1. The molecule has 330 valence electrons. The number of para-hydroxylation sites is 1. The van der Waals surface area contributed by atoms with Crippen molar-refractivity contribution < 1.29 is 48.3 Å². The van der Waals surface area contributed by atoms with Gasteiger partial charge in [0.15, 0.2) is 0 Å². The second kappa shape index (κ2) is 22.2. The van der Waals surface area contributed by atoms with Crippen molar-refractivity contribution >= 4 is 64.0 Å². The Morgan fingerprint density at radius 3 is 2.03 bits per heavy atom. The van der Waals surface area contributed by atoms with Crippen molar-refractivity contribution in [3.05, 3.63) is 106 Å². The molecule has 0 unspecified atom stereocenters. The first-order chi connectivity index (χ1) is 29.4. The zero-order valence-corrected chi connectivity index (χ0v) is 34.4. The second-order valence-electron chi connectivity index (χ2n) is 15.3. The summed E-state index contributed by atoms with van der Waals surface area (Å²) < 4.78 is 5.43. The maximum absolute atomic E-state index is 14.1. The Labute approximate surface area is 356 Å². The molecular weight excluding hydrogens is 807 g/mol. The number of fused-ring (bicyclic) bond motifs is 1. The number of nitro benzene ring substituents is 1. The number of nitro groups is 1. The van der Waals surface area contributed by atoms with Crippen LogP contribution in [0.3, 0.4) is 0 Å². The smallest absolute Gasteiger partial charge is 0.408 e. The molecule has 0 bridgehead atoms. The number of H-pyrrole nitrogens is 1. The van der Waals surface area contributed by atoms with Crippen LogP contribution in [0.15, 0.2) is 85.1 Å². The highest BCUT2D eigenvalue weighted by molar-refractivity contribution is 5.97. The fourth-order valence-electron chi connectivity index (χ4n) is 6.24. The third kappa shape index (κ3) is 15.3. The molecule has 0 saturated carbocycles. The average Bonchev–Trinajstić information content (AvgIpc) is 3.61. The molecule has 0 aliphatic rings. The molecule has 20 nitrogen and oxygen atoms in total. The largest absolute Gasteiger partial charge is 0.481 e. The first-order valence-electron chi connectivity index (χ1n) is 19.7. The van der Waals surface area contributed by atoms with Gasteiger partial charge in [-0.25, -0.2) is 9.59 Å². The predicted molar refractivity (Wildman–Crippen MR) is 227 cm³/mol. The van der Waals surface area contributed by atoms with Crippen LogP contribution in [0.2, 0.25) is 0 Å². The predicted octanol–water partition coefficient (Wildman–Crippen LogP) is 3.16. The van der Waals surface area contributed by atoms with Crippen LogP contribution in [0, 0.1) is 10.1 Å². The van der Waals surface area contributed by atoms with Gasteiger partial charge in [0.25, 0.3) is 5.69 Å². The number of rotatable bonds is 21. The monoisotopic (exact) mass is 857 g/mol. The van der Waals surface area contributed by atoms with Gasteiger partial charge in [-0.3, -0.25) is 34.1 Å². The van der Waals surface area contributed by atoms with Gasteiger partial charge >= 0.3 is 18.1 Å². The third-order valence-corrected chi connectivity index (χ3v) is 9.23. The quantitative estimate of drug-likeness (QED) is 0.0333. The number of ether oxygens (including phenoxy) is 1. The molecule has 7 amide bonds. The molecule has 0 radical (unpaired) electrons. The summed E-state index contributed by atoms with van der Waals surface area (Å²) in [5.74, 6) is -5.13. The number of nitrogens with zero attached hydrogens (tertiary/aromatic N) is 1. The van der Waals surface area contributed by atoms with Crippen molar-refractivity contribution in [1.29, 1.82) is 0 Å². The van der Waals surface area contributed by atoms with Crippen molar-refractivity contribution in [3.63, 3.8) is 0 Å². The number of hydrogen-bond acceptors (Lipinski definition) is 10. The highest BCUT2D eigenvalue weighted by atomic mass is 16.6. The molecule has 0 aliphatic heterocycles. The number of carbonyl (C=O) groups is 7. The van der Waals surface area contributed by atoms with Crippen LogP contribution in [0.5, 0.6) is 0 Å². The van der Waals surface area contributed by atoms with Gasteiger partial charge in [0.05, 0.1) is 11.3 Å². The Kier molecular flexibility index (Phi) is 16.9. The number of carboxylic acid groups (broad SMARTS) is 1. The summed E-state index contributed by atoms with van der Waals surface area (Å²) in [6.45, 7) is 5.02. The SMILES string of the molecule is CC(C)(C)OC(=O)N[C@@H](Cc1c[nH]c2ccccc12)C(=O)N[C@@H](CCCCNC(=O)Nc1ccc([N+](=O)[O-])cc1)C(=O)N[C@@H](CC(=O)O)C(=O)N[C@@H](Cc1ccccc1)C(N)=O. The normalized spacial score (nSPS) is 13.0. The van der Waals surface area contributed by atoms with E-state index < -0.39 is 82.8 Å². The van der Waals surface area contributed by atoms with Gasteiger partial charge in [-0.05, 0) is 69.4 Å². The van der Waals surface area contributed by atoms with Gasteiger partial charge in [-0.1, -0.05) is 48.5 Å². The Morgan fingerprint density at radius 2 is 1.39 bits per heavy atom. The Bertz CT molecular complexity index is 2220. The number of non-ortho nitro benzene ring substituents is 1. The molecule has 0 aliphatic carbocycles. The molecule has 4 atom stereocenters. The average molecular weight is 858 g/mol. The lowest BCUT2D eigenvalue weighted by Gasteiger charge is -2.27. The maximum Gasteiger partial charge on any atom is 0.408 e. The summed E-state index contributed by atoms with van der Waals surface area (Å²) in [7, 11) is 0. The summed E-state index contributed by atoms with van der Waals surface area (Å²) >= 11 is 0. The summed E-state index contributed by atoms with van der Waals surface area (Å²) in [6.07, 6.45) is 0.188. The minimum absolute atomic E-state index is 0.0171. The van der Waals surface area contributed by atoms with Crippen LogP contribution in [0.4, 0.5) is 21.0 Å². The van der Waals surface area contributed by atoms with Crippen molar-refractivity contribution in [1.82, 2.24) is 31.6 Å². The van der Waals surface area contributed by atoms with E-state index in [1.165, 1.54) is 24.3 Å². The number of nitrogens with one attached hydrogen (secondary N) is 7. The first kappa shape index (κ1) is 47.2. The molecule has 4 rings (SSSR count). The van der Waals surface area contributed by atoms with E-state index in [1.54, 1.807) is 57.3 Å². The summed E-state index contributed by atoms with van der Waals surface area (Å²) in [5.41, 5.74) is 6.88. The van der Waals surface area contributed by atoms with E-state index in [2.05, 4.69) is 36.9 Å². The van der Waals surface area contributed by atoms with Crippen molar-refractivity contribution in [2.24, 2.45) is 5.73 Å². The van der Waals surface area contributed by atoms with E-state index in [1.807, 2.05) is 24.3 Å². The molecule has 20 heteroatoms. The molecule has 10 N–H and O–H groups in total. The highest BCUT2D eigenvalue weighted by Crippen LogP contribution is 2.20. The van der Waals surface area contributed by atoms with Crippen molar-refractivity contribution in [3.8, 4) is 0 Å². The number of benzene rings is 3. The first-order valence-corrected chi connectivity index (χ1v) is 19.7. The number of anilines is 1. The maximum atomic E-state index is 14.1. The summed E-state index contributed by atoms with van der Waals surface area (Å²) in [6, 6.07) is 14.8. The number of aromatic amines is 1. The third-order valence-electron chi connectivity index (χ3n) is 9.23. The number of unbranched alkanes of at least 4 members (excludes halogenated alkanes) is 1. The number of aromatic nitrogens is 1. The van der Waals surface area contributed by atoms with E-state index in [0.717, 1.165) is 10.9 Å². The molecular formula is C42H51N9O11. The number of hydrogen-bond donors (Lipinski definition) is 9. The topological polar surface area (TPSA) is 306 Å². The lowest BCUT2D eigenvalue weighted by Crippen LogP contribution is -2.59. The number of primary amides is 1. The van der Waals surface area contributed by atoms with Crippen LogP contribution in [-0.2, 0) is 41.6 Å². The van der Waals surface area contributed by atoms with Gasteiger partial charge in [0, 0.05) is 54.3 Å². The standard InChI is InChI=1S/C42H51N9O11/c1-42(2,3)62-41(59)50-33(22-26-24-45-30-14-8-7-13-29(26)30)38(56)47-31(15-9-10-20-44-40(58)46-27-16-18-28(19-17-27)51(60)61)37(55)49-34(23-35(52)53)39(57)48-32(36(43)54)21-25-11-5-4-6-12-25/h4-8,11-14,16-19,24,31-34,45H,9-10,15,20-23H2,1-3H3,(H2,43,54)(H,47,56)(H,48,57)(H,49,55)(H,50,59)(H,52,53)(H2,44,46,58)/t31-,32-,33-,34-/m0/s1. The van der Waals surface area contributed by atoms with Crippen molar-refractivity contribution in [2.75, 3.05) is 11.9 Å².